The number of alkyl carbamates (subject to hydrolysis) is 1. The number of halogens is 5. The van der Waals surface area contributed by atoms with Gasteiger partial charge in [-0.15, -0.1) is 0 Å². The zero-order valence-electron chi connectivity index (χ0n) is 48.4. The van der Waals surface area contributed by atoms with Crippen LogP contribution in [0, 0.1) is 13.8 Å². The second-order valence-electron chi connectivity index (χ2n) is 22.8. The number of alkyl halides is 3. The predicted molar refractivity (Wildman–Crippen MR) is 326 cm³/mol. The maximum absolute atomic E-state index is 13.9. The first-order chi connectivity index (χ1) is 40.2. The van der Waals surface area contributed by atoms with Crippen molar-refractivity contribution in [3.63, 3.8) is 0 Å². The van der Waals surface area contributed by atoms with E-state index in [1.165, 1.54) is 24.3 Å². The fourth-order valence-electron chi connectivity index (χ4n) is 10.8. The van der Waals surface area contributed by atoms with E-state index < -0.39 is 43.9 Å². The molecule has 3 amide bonds. The highest BCUT2D eigenvalue weighted by atomic mass is 35.5. The lowest BCUT2D eigenvalue weighted by molar-refractivity contribution is -0.192. The Hall–Kier alpha value is -7.21. The monoisotopic (exact) mass is 1290 g/mol. The van der Waals surface area contributed by atoms with Gasteiger partial charge in [-0.1, -0.05) is 30.6 Å². The summed E-state index contributed by atoms with van der Waals surface area (Å²) in [6.45, 7) is 13.5. The third-order valence-corrected chi connectivity index (χ3v) is 16.1. The number of aliphatic carboxylic acids is 1. The highest BCUT2D eigenvalue weighted by Gasteiger charge is 2.39. The van der Waals surface area contributed by atoms with Gasteiger partial charge in [-0.25, -0.2) is 45.4 Å². The Labute approximate surface area is 513 Å². The van der Waals surface area contributed by atoms with Gasteiger partial charge in [0.15, 0.2) is 11.3 Å². The summed E-state index contributed by atoms with van der Waals surface area (Å²) in [6, 6.07) is 12.5. The maximum atomic E-state index is 13.9. The van der Waals surface area contributed by atoms with Gasteiger partial charge in [0.2, 0.25) is 20.0 Å². The van der Waals surface area contributed by atoms with Crippen LogP contribution in [0.15, 0.2) is 60.9 Å². The first kappa shape index (κ1) is 67.3. The van der Waals surface area contributed by atoms with E-state index in [4.69, 9.17) is 63.7 Å². The summed E-state index contributed by atoms with van der Waals surface area (Å²) in [4.78, 5) is 66.4. The Morgan fingerprint density at radius 3 is 1.48 bits per heavy atom. The average Bonchev–Trinajstić information content (AvgIpc) is 1.83. The van der Waals surface area contributed by atoms with Crippen molar-refractivity contribution in [1.82, 2.24) is 44.3 Å². The van der Waals surface area contributed by atoms with Crippen LogP contribution in [0.25, 0.3) is 11.3 Å². The lowest BCUT2D eigenvalue weighted by atomic mass is 9.98. The number of anilines is 4. The van der Waals surface area contributed by atoms with Gasteiger partial charge in [-0.05, 0) is 122 Å². The third-order valence-electron chi connectivity index (χ3n) is 14.4. The largest absolute Gasteiger partial charge is 0.490 e. The van der Waals surface area contributed by atoms with E-state index in [1.807, 2.05) is 59.1 Å². The molecule has 474 valence electrons. The maximum Gasteiger partial charge on any atom is 0.490 e. The number of fused-ring (bicyclic) bond motifs is 2. The summed E-state index contributed by atoms with van der Waals surface area (Å²) in [5, 5.41) is 20.4. The molecule has 0 aliphatic carbocycles. The molecular formula is C56H73Cl2F3N14O10S2. The topological polar surface area (TPSA) is 301 Å². The molecule has 4 aliphatic heterocycles. The van der Waals surface area contributed by atoms with Gasteiger partial charge in [0.05, 0.1) is 64.5 Å². The number of rotatable bonds is 11. The Bertz CT molecular complexity index is 3770. The molecule has 87 heavy (non-hydrogen) atoms. The number of piperidine rings is 2. The summed E-state index contributed by atoms with van der Waals surface area (Å²) in [7, 11) is -7.19. The van der Waals surface area contributed by atoms with Crippen molar-refractivity contribution < 1.29 is 59.0 Å². The van der Waals surface area contributed by atoms with Gasteiger partial charge in [-0.3, -0.25) is 19.0 Å². The summed E-state index contributed by atoms with van der Waals surface area (Å²) in [5.74, 6) is -1.64. The van der Waals surface area contributed by atoms with Crippen LogP contribution in [-0.2, 0) is 29.6 Å². The van der Waals surface area contributed by atoms with Crippen molar-refractivity contribution >= 4 is 101 Å². The molecule has 4 aromatic heterocycles. The van der Waals surface area contributed by atoms with Crippen molar-refractivity contribution in [3.05, 3.63) is 105 Å². The molecule has 0 unspecified atom stereocenters. The van der Waals surface area contributed by atoms with Gasteiger partial charge in [0.25, 0.3) is 11.8 Å². The highest BCUT2D eigenvalue weighted by molar-refractivity contribution is 7.92. The molecule has 8 heterocycles. The number of hydrogen-bond donors (Lipinski definition) is 5. The first-order valence-corrected chi connectivity index (χ1v) is 32.2. The van der Waals surface area contributed by atoms with E-state index >= 15 is 0 Å². The second-order valence-corrected chi connectivity index (χ2v) is 27.1. The van der Waals surface area contributed by atoms with Crippen molar-refractivity contribution in [2.75, 3.05) is 71.0 Å². The number of likely N-dealkylation sites (tertiary alicyclic amines) is 2. The van der Waals surface area contributed by atoms with Crippen LogP contribution in [-0.4, -0.2) is 160 Å². The molecule has 0 spiro atoms. The minimum atomic E-state index is -5.08. The van der Waals surface area contributed by atoms with Crippen LogP contribution in [0.4, 0.5) is 41.0 Å². The molecule has 2 aromatic carbocycles. The smallest absolute Gasteiger partial charge is 0.475 e. The van der Waals surface area contributed by atoms with Crippen LogP contribution in [0.1, 0.15) is 135 Å². The van der Waals surface area contributed by atoms with Gasteiger partial charge in [0, 0.05) is 91.0 Å². The number of carbonyl (C=O) groups is 4. The highest BCUT2D eigenvalue weighted by Crippen LogP contribution is 2.37. The summed E-state index contributed by atoms with van der Waals surface area (Å²) < 4.78 is 93.2. The number of carbonyl (C=O) groups excluding carboxylic acids is 3. The number of carboxylic acids is 1. The van der Waals surface area contributed by atoms with Crippen LogP contribution in [0.5, 0.6) is 0 Å². The number of aryl methyl sites for hydroxylation is 2. The minimum absolute atomic E-state index is 0. The Balaban J connectivity index is 0.000000224. The van der Waals surface area contributed by atoms with Gasteiger partial charge in [-0.2, -0.15) is 23.4 Å². The van der Waals surface area contributed by atoms with E-state index in [-0.39, 0.29) is 65.9 Å². The van der Waals surface area contributed by atoms with E-state index in [1.54, 1.807) is 31.0 Å². The molecule has 31 heteroatoms. The zero-order chi connectivity index (χ0) is 62.8. The second kappa shape index (κ2) is 27.0. The first-order valence-electron chi connectivity index (χ1n) is 27.7. The van der Waals surface area contributed by atoms with Crippen LogP contribution in [0.2, 0.25) is 10.0 Å². The van der Waals surface area contributed by atoms with Gasteiger partial charge in [0.1, 0.15) is 17.2 Å². The van der Waals surface area contributed by atoms with E-state index in [9.17, 15) is 44.4 Å². The summed E-state index contributed by atoms with van der Waals surface area (Å²) >= 11 is 12.4. The molecule has 0 saturated carbocycles. The fourth-order valence-corrected chi connectivity index (χ4v) is 12.3. The molecule has 6 aromatic rings. The van der Waals surface area contributed by atoms with Crippen LogP contribution in [0.3, 0.4) is 0 Å². The van der Waals surface area contributed by atoms with Crippen molar-refractivity contribution in [3.8, 4) is 0 Å². The third kappa shape index (κ3) is 17.3. The van der Waals surface area contributed by atoms with E-state index in [0.29, 0.717) is 53.1 Å². The van der Waals surface area contributed by atoms with Gasteiger partial charge < -0.3 is 40.5 Å². The number of amides is 3. The molecule has 4 saturated heterocycles. The lowest BCUT2D eigenvalue weighted by Crippen LogP contribution is -2.40. The molecule has 24 nitrogen and oxygen atoms in total. The Morgan fingerprint density at radius 1 is 0.667 bits per heavy atom. The standard InChI is InChI=1S/C29H38ClN7O5S.C24H30ClN7O3S.C2HF3O2.CH4/c1-18-16-37-25(32-26(18)35-13-11-20(17-35)31-28(39)42-29(2,3)4)15-23(33-37)24-8-6-7-12-36(24)27(38)21-14-19(30)9-10-22(21)34-43(5,40)41;1-15-13-32-22(27-23(15)30-10-8-17(26)14-30)12-20(28-32)21-5-3-4-9-31(21)24(33)18-11-16(25)6-7-19(18)29-36(2,34)35;3-2(4,5)1(6)7;/h9-10,14-16,20,24,34H,6-8,11-13,17H2,1-5H3,(H,31,39);6-7,11-13,17,21,29H,3-5,8-10,14,26H2,1-2H3;(H,6,7);1H4/t20-,24-;17-,21-;;/m00../s1. The fraction of sp³-hybridized carbons (Fsp3) is 0.500. The predicted octanol–water partition coefficient (Wildman–Crippen LogP) is 8.77. The number of nitrogens with one attached hydrogen (secondary N) is 3. The van der Waals surface area contributed by atoms with E-state index in [2.05, 4.69) is 24.6 Å². The van der Waals surface area contributed by atoms with Crippen molar-refractivity contribution in [2.45, 2.75) is 129 Å². The number of benzene rings is 2. The van der Waals surface area contributed by atoms with E-state index in [0.717, 1.165) is 106 Å². The summed E-state index contributed by atoms with van der Waals surface area (Å²) in [5.41, 5.74) is 11.1. The number of sulfonamides is 2. The normalized spacial score (nSPS) is 19.1. The van der Waals surface area contributed by atoms with Crippen molar-refractivity contribution in [2.24, 2.45) is 5.73 Å². The average molecular weight is 1290 g/mol. The zero-order valence-corrected chi connectivity index (χ0v) is 51.5. The lowest BCUT2D eigenvalue weighted by Gasteiger charge is -2.35. The Kier molecular flexibility index (Phi) is 20.9. The molecule has 0 bridgehead atoms. The molecule has 6 N–H and O–H groups in total. The number of hydrogen-bond acceptors (Lipinski definition) is 16. The molecular weight excluding hydrogens is 1220 g/mol. The molecule has 4 aliphatic rings. The van der Waals surface area contributed by atoms with Crippen LogP contribution >= 0.6 is 23.2 Å². The summed E-state index contributed by atoms with van der Waals surface area (Å²) in [6.07, 6.45) is 7.18. The molecule has 10 rings (SSSR count). The van der Waals surface area contributed by atoms with Crippen molar-refractivity contribution in [1.29, 1.82) is 0 Å². The number of nitrogens with two attached hydrogens (primary N) is 1. The molecule has 4 fully saturated rings. The Morgan fingerprint density at radius 2 is 1.09 bits per heavy atom. The SMILES string of the molecule is C.Cc1cn2nc([C@@H]3CCCCN3C(=O)c3cc(Cl)ccc3NS(C)(=O)=O)cc2nc1N1CC[C@H](N)C1.Cc1cn2nc([C@@H]3CCCCN3C(=O)c3cc(Cl)ccc3NS(C)(=O)=O)cc2nc1N1CC[C@H](NC(=O)OC(C)(C)C)C1.O=C(O)C(F)(F)F. The number of aromatic nitrogens is 6. The van der Waals surface area contributed by atoms with Crippen LogP contribution < -0.4 is 30.3 Å². The van der Waals surface area contributed by atoms with Gasteiger partial charge >= 0.3 is 18.2 Å². The molecule has 4 atom stereocenters. The number of nitrogens with zero attached hydrogens (tertiary/aromatic N) is 10. The quantitative estimate of drug-likeness (QED) is 0.0809. The number of ether oxygens (including phenoxy) is 1. The molecule has 0 radical (unpaired) electrons. The number of carboxylic acid groups (broad SMARTS) is 1. The minimum Gasteiger partial charge on any atom is -0.475 e.